The molecule has 0 unspecified atom stereocenters. The van der Waals surface area contributed by atoms with Gasteiger partial charge in [-0.3, -0.25) is 0 Å². The van der Waals surface area contributed by atoms with Gasteiger partial charge in [-0.2, -0.15) is 0 Å². The van der Waals surface area contributed by atoms with Crippen LogP contribution in [-0.2, 0) is 29.5 Å². The standard InChI is InChI=1S/H3N.H2O8S2.Pb.H/c;1-9(2,3)7-8-10(4,5)6;;/h1H3;(H,1,2,3)(H,4,5,6);;/q;;+1;/p-1. The monoisotopic (exact) mass is 419 g/mol. The average molecular weight is 418 g/mol. The Morgan fingerprint density at radius 1 is 0.833 bits per heavy atom. The quantitative estimate of drug-likeness (QED) is 0.174. The van der Waals surface area contributed by atoms with Crippen molar-refractivity contribution in [2.75, 3.05) is 0 Å². The molecule has 9 nitrogen and oxygen atoms in total. The molecule has 0 aliphatic carbocycles. The van der Waals surface area contributed by atoms with E-state index in [2.05, 4.69) is 8.67 Å². The summed E-state index contributed by atoms with van der Waals surface area (Å²) in [5, 5.41) is 0. The Kier molecular flexibility index (Phi) is 9.41. The summed E-state index contributed by atoms with van der Waals surface area (Å²) in [6, 6.07) is 0. The first kappa shape index (κ1) is 18.4. The summed E-state index contributed by atoms with van der Waals surface area (Å²) < 4.78 is 61.5. The Balaban J connectivity index is -0.000000405. The SMILES string of the molecule is O=S(=O)([O-])OOS(=O)(=O)[O-].[NH4+].[PbH+]. The summed E-state index contributed by atoms with van der Waals surface area (Å²) in [4.78, 5) is 0. The van der Waals surface area contributed by atoms with Gasteiger partial charge in [-0.25, -0.2) is 16.8 Å². The fourth-order valence-electron chi connectivity index (χ4n) is 0.0680. The molecule has 12 heteroatoms. The third kappa shape index (κ3) is 16.9. The van der Waals surface area contributed by atoms with Gasteiger partial charge in [0.2, 0.25) is 20.8 Å². The molecule has 0 aromatic rings. The van der Waals surface area contributed by atoms with E-state index in [1.54, 1.807) is 0 Å². The molecule has 0 amide bonds. The molecule has 0 saturated heterocycles. The maximum absolute atomic E-state index is 9.37. The second kappa shape index (κ2) is 6.13. The van der Waals surface area contributed by atoms with Crippen molar-refractivity contribution >= 4 is 48.1 Å². The molecular weight excluding hydrogens is 413 g/mol. The van der Waals surface area contributed by atoms with Crippen molar-refractivity contribution in [1.29, 1.82) is 0 Å². The summed E-state index contributed by atoms with van der Waals surface area (Å²) in [6.07, 6.45) is 0. The summed E-state index contributed by atoms with van der Waals surface area (Å²) in [6.45, 7) is 0. The van der Waals surface area contributed by atoms with E-state index < -0.39 is 20.8 Å². The molecule has 0 aliphatic heterocycles. The fraction of sp³-hybridized carbons (Fsp3) is 0. The predicted octanol–water partition coefficient (Wildman–Crippen LogP) is -2.42. The van der Waals surface area contributed by atoms with Gasteiger partial charge in [-0.1, -0.05) is 0 Å². The van der Waals surface area contributed by atoms with Crippen molar-refractivity contribution < 1.29 is 34.6 Å². The van der Waals surface area contributed by atoms with Crippen LogP contribution in [0.5, 0.6) is 0 Å². The predicted molar refractivity (Wildman–Crippen MR) is 34.7 cm³/mol. The molecule has 0 aromatic heterocycles. The zero-order valence-electron chi connectivity index (χ0n) is 5.66. The minimum atomic E-state index is -5.31. The van der Waals surface area contributed by atoms with Gasteiger partial charge in [0.05, 0.1) is 0 Å². The van der Waals surface area contributed by atoms with Crippen molar-refractivity contribution in [1.82, 2.24) is 6.15 Å². The molecule has 0 fully saturated rings. The molecule has 4 N–H and O–H groups in total. The normalized spacial score (nSPS) is 11.2. The molecule has 0 saturated carbocycles. The second-order valence-electron chi connectivity index (χ2n) is 0.953. The molecule has 0 bridgehead atoms. The molecule has 2 radical (unpaired) electrons. The van der Waals surface area contributed by atoms with E-state index in [9.17, 15) is 25.9 Å². The summed E-state index contributed by atoms with van der Waals surface area (Å²) >= 11 is 0. The molecule has 0 atom stereocenters. The molecule has 0 rings (SSSR count). The summed E-state index contributed by atoms with van der Waals surface area (Å²) in [5.74, 6) is 0. The van der Waals surface area contributed by atoms with Gasteiger partial charge in [-0.05, 0) is 0 Å². The molecule has 0 heterocycles. The van der Waals surface area contributed by atoms with E-state index in [0.717, 1.165) is 0 Å². The van der Waals surface area contributed by atoms with Crippen molar-refractivity contribution in [3.8, 4) is 0 Å². The van der Waals surface area contributed by atoms with Crippen LogP contribution in [0.15, 0.2) is 0 Å². The van der Waals surface area contributed by atoms with E-state index in [4.69, 9.17) is 0 Å². The van der Waals surface area contributed by atoms with Crippen LogP contribution in [0.1, 0.15) is 0 Å². The van der Waals surface area contributed by atoms with Gasteiger partial charge in [0, 0.05) is 0 Å². The Bertz CT molecular complexity index is 253. The van der Waals surface area contributed by atoms with Gasteiger partial charge in [-0.15, -0.1) is 8.67 Å². The van der Waals surface area contributed by atoms with Crippen LogP contribution in [0.2, 0.25) is 0 Å². The Hall–Kier alpha value is 0.622. The Morgan fingerprint density at radius 3 is 1.08 bits per heavy atom. The first-order valence-corrected chi connectivity index (χ1v) is 4.17. The van der Waals surface area contributed by atoms with Gasteiger partial charge in [0.1, 0.15) is 0 Å². The first-order chi connectivity index (χ1) is 4.21. The minimum absolute atomic E-state index is 0. The topological polar surface area (TPSA) is 169 Å². The zero-order chi connectivity index (χ0) is 8.41. The summed E-state index contributed by atoms with van der Waals surface area (Å²) in [7, 11) is -10.6. The van der Waals surface area contributed by atoms with E-state index >= 15 is 0 Å². The summed E-state index contributed by atoms with van der Waals surface area (Å²) in [5.41, 5.74) is 0. The van der Waals surface area contributed by atoms with Crippen LogP contribution in [0.25, 0.3) is 0 Å². The number of rotatable bonds is 3. The van der Waals surface area contributed by atoms with E-state index in [0.29, 0.717) is 0 Å². The van der Waals surface area contributed by atoms with Gasteiger partial charge < -0.3 is 15.3 Å². The number of hydrogen-bond donors (Lipinski definition) is 1. The molecular formula is H5NO8PbS2. The Labute approximate surface area is 88.6 Å². The van der Waals surface area contributed by atoms with Gasteiger partial charge in [0.25, 0.3) is 0 Å². The molecule has 0 aromatic carbocycles. The number of hydrogen-bond acceptors (Lipinski definition) is 8. The third-order valence-electron chi connectivity index (χ3n) is 0.194. The van der Waals surface area contributed by atoms with Crippen LogP contribution in [-0.4, -0.2) is 53.2 Å². The van der Waals surface area contributed by atoms with Crippen molar-refractivity contribution in [2.24, 2.45) is 0 Å². The van der Waals surface area contributed by atoms with Crippen LogP contribution in [0, 0.1) is 0 Å². The van der Waals surface area contributed by atoms with Gasteiger partial charge >= 0.3 is 27.3 Å². The molecule has 0 spiro atoms. The van der Waals surface area contributed by atoms with E-state index in [1.165, 1.54) is 0 Å². The molecule has 12 heavy (non-hydrogen) atoms. The van der Waals surface area contributed by atoms with Crippen LogP contribution in [0.3, 0.4) is 0 Å². The maximum atomic E-state index is 9.37. The first-order valence-electron chi connectivity index (χ1n) is 1.50. The third-order valence-corrected chi connectivity index (χ3v) is 0.750. The fourth-order valence-corrected chi connectivity index (χ4v) is 0.612. The van der Waals surface area contributed by atoms with Crippen molar-refractivity contribution in [3.05, 3.63) is 0 Å². The van der Waals surface area contributed by atoms with Crippen LogP contribution >= 0.6 is 0 Å². The number of quaternary nitrogens is 1. The second-order valence-corrected chi connectivity index (χ2v) is 2.86. The van der Waals surface area contributed by atoms with E-state index in [1.807, 2.05) is 0 Å². The average Bonchev–Trinajstić information content (AvgIpc) is 1.57. The zero-order valence-corrected chi connectivity index (χ0v) is 11.8. The van der Waals surface area contributed by atoms with Crippen molar-refractivity contribution in [3.63, 3.8) is 0 Å². The molecule has 0 aliphatic rings. The van der Waals surface area contributed by atoms with Crippen LogP contribution in [0.4, 0.5) is 0 Å². The Morgan fingerprint density at radius 2 is 1.00 bits per heavy atom. The van der Waals surface area contributed by atoms with Crippen LogP contribution < -0.4 is 6.15 Å². The van der Waals surface area contributed by atoms with Gasteiger partial charge in [0.15, 0.2) is 0 Å². The van der Waals surface area contributed by atoms with E-state index in [-0.39, 0.29) is 33.4 Å². The molecule has 74 valence electrons. The van der Waals surface area contributed by atoms with Crippen molar-refractivity contribution in [2.45, 2.75) is 0 Å².